The summed E-state index contributed by atoms with van der Waals surface area (Å²) in [7, 11) is 0. The van der Waals surface area contributed by atoms with Crippen LogP contribution in [-0.4, -0.2) is 54.5 Å². The van der Waals surface area contributed by atoms with Gasteiger partial charge in [0.2, 0.25) is 5.91 Å². The van der Waals surface area contributed by atoms with Gasteiger partial charge >= 0.3 is 0 Å². The lowest BCUT2D eigenvalue weighted by Crippen LogP contribution is -2.44. The lowest BCUT2D eigenvalue weighted by Gasteiger charge is -2.36. The number of rotatable bonds is 2. The van der Waals surface area contributed by atoms with Gasteiger partial charge in [0, 0.05) is 32.6 Å². The number of piperidine rings is 2. The molecule has 17 heavy (non-hydrogen) atoms. The van der Waals surface area contributed by atoms with Crippen molar-refractivity contribution >= 4 is 5.91 Å². The number of hydrogen-bond acceptors (Lipinski definition) is 3. The second-order valence-electron chi connectivity index (χ2n) is 5.59. The fourth-order valence-corrected chi connectivity index (χ4v) is 2.93. The minimum absolute atomic E-state index is 0.229. The number of carbonyl (C=O) groups is 1. The van der Waals surface area contributed by atoms with Crippen molar-refractivity contribution in [1.82, 2.24) is 9.80 Å². The van der Waals surface area contributed by atoms with Crippen molar-refractivity contribution in [1.29, 1.82) is 0 Å². The molecule has 2 N–H and O–H groups in total. The van der Waals surface area contributed by atoms with E-state index < -0.39 is 0 Å². The highest BCUT2D eigenvalue weighted by Gasteiger charge is 2.24. The second kappa shape index (κ2) is 5.83. The lowest BCUT2D eigenvalue weighted by molar-refractivity contribution is -0.130. The fraction of sp³-hybridized carbons (Fsp3) is 0.923. The molecule has 0 saturated carbocycles. The van der Waals surface area contributed by atoms with Gasteiger partial charge in [0.25, 0.3) is 0 Å². The van der Waals surface area contributed by atoms with Crippen LogP contribution in [0.2, 0.25) is 0 Å². The van der Waals surface area contributed by atoms with Crippen LogP contribution >= 0.6 is 0 Å². The molecule has 0 spiro atoms. The molecule has 2 saturated heterocycles. The molecule has 2 fully saturated rings. The maximum atomic E-state index is 11.2. The van der Waals surface area contributed by atoms with Gasteiger partial charge in [-0.25, -0.2) is 0 Å². The average Bonchev–Trinajstić information content (AvgIpc) is 2.33. The Morgan fingerprint density at radius 3 is 2.24 bits per heavy atom. The predicted octanol–water partition coefficient (Wildman–Crippen LogP) is 0.668. The zero-order valence-corrected chi connectivity index (χ0v) is 10.9. The van der Waals surface area contributed by atoms with Crippen LogP contribution in [0.15, 0.2) is 0 Å². The summed E-state index contributed by atoms with van der Waals surface area (Å²) in [5, 5.41) is 0. The van der Waals surface area contributed by atoms with Gasteiger partial charge in [-0.2, -0.15) is 0 Å². The zero-order chi connectivity index (χ0) is 12.3. The van der Waals surface area contributed by atoms with Gasteiger partial charge in [0.15, 0.2) is 0 Å². The predicted molar refractivity (Wildman–Crippen MR) is 68.6 cm³/mol. The van der Waals surface area contributed by atoms with E-state index in [1.54, 1.807) is 6.92 Å². The molecule has 4 heteroatoms. The van der Waals surface area contributed by atoms with Crippen molar-refractivity contribution in [2.24, 2.45) is 11.7 Å². The SMILES string of the molecule is CC(=O)N1CCC(CN2CCC(N)CC2)CC1. The maximum absolute atomic E-state index is 11.2. The minimum Gasteiger partial charge on any atom is -0.343 e. The molecule has 4 nitrogen and oxygen atoms in total. The monoisotopic (exact) mass is 239 g/mol. The molecule has 2 heterocycles. The maximum Gasteiger partial charge on any atom is 0.219 e. The van der Waals surface area contributed by atoms with Crippen LogP contribution < -0.4 is 5.73 Å². The van der Waals surface area contributed by atoms with E-state index in [1.807, 2.05) is 4.90 Å². The number of likely N-dealkylation sites (tertiary alicyclic amines) is 2. The Bertz CT molecular complexity index is 253. The van der Waals surface area contributed by atoms with Crippen molar-refractivity contribution in [2.45, 2.75) is 38.6 Å². The first kappa shape index (κ1) is 12.8. The van der Waals surface area contributed by atoms with E-state index in [9.17, 15) is 4.79 Å². The van der Waals surface area contributed by atoms with Gasteiger partial charge in [-0.3, -0.25) is 4.79 Å². The standard InChI is InChI=1S/C13H25N3O/c1-11(17)16-8-2-12(3-9-16)10-15-6-4-13(14)5-7-15/h12-13H,2-10,14H2,1H3. The smallest absolute Gasteiger partial charge is 0.219 e. The Labute approximate surface area is 104 Å². The minimum atomic E-state index is 0.229. The lowest BCUT2D eigenvalue weighted by atomic mass is 9.95. The number of carbonyl (C=O) groups excluding carboxylic acids is 1. The van der Waals surface area contributed by atoms with Gasteiger partial charge in [-0.05, 0) is 44.7 Å². The van der Waals surface area contributed by atoms with Gasteiger partial charge in [-0.15, -0.1) is 0 Å². The third-order valence-electron chi connectivity index (χ3n) is 4.21. The summed E-state index contributed by atoms with van der Waals surface area (Å²) in [5.74, 6) is 1.01. The van der Waals surface area contributed by atoms with E-state index >= 15 is 0 Å². The normalized spacial score (nSPS) is 25.2. The molecular weight excluding hydrogens is 214 g/mol. The quantitative estimate of drug-likeness (QED) is 0.770. The Morgan fingerprint density at radius 2 is 1.71 bits per heavy atom. The molecule has 0 atom stereocenters. The van der Waals surface area contributed by atoms with E-state index in [0.717, 1.165) is 44.9 Å². The Morgan fingerprint density at radius 1 is 1.12 bits per heavy atom. The van der Waals surface area contributed by atoms with E-state index in [0.29, 0.717) is 6.04 Å². The zero-order valence-electron chi connectivity index (χ0n) is 10.9. The molecule has 0 aromatic rings. The number of nitrogens with zero attached hydrogens (tertiary/aromatic N) is 2. The van der Waals surface area contributed by atoms with E-state index in [1.165, 1.54) is 19.4 Å². The largest absolute Gasteiger partial charge is 0.343 e. The third kappa shape index (κ3) is 3.68. The van der Waals surface area contributed by atoms with Crippen LogP contribution in [-0.2, 0) is 4.79 Å². The third-order valence-corrected chi connectivity index (χ3v) is 4.21. The van der Waals surface area contributed by atoms with Gasteiger partial charge < -0.3 is 15.5 Å². The summed E-state index contributed by atoms with van der Waals surface area (Å²) in [6.07, 6.45) is 4.63. The van der Waals surface area contributed by atoms with Crippen LogP contribution in [0.3, 0.4) is 0 Å². The number of hydrogen-bond donors (Lipinski definition) is 1. The van der Waals surface area contributed by atoms with Gasteiger partial charge in [-0.1, -0.05) is 0 Å². The molecular formula is C13H25N3O. The van der Waals surface area contributed by atoms with E-state index in [4.69, 9.17) is 5.73 Å². The molecule has 0 unspecified atom stereocenters. The summed E-state index contributed by atoms with van der Waals surface area (Å²) in [5.41, 5.74) is 5.91. The molecule has 0 aromatic carbocycles. The topological polar surface area (TPSA) is 49.6 Å². The van der Waals surface area contributed by atoms with E-state index in [2.05, 4.69) is 4.90 Å². The molecule has 2 rings (SSSR count). The molecule has 98 valence electrons. The van der Waals surface area contributed by atoms with Crippen LogP contribution in [0.1, 0.15) is 32.6 Å². The van der Waals surface area contributed by atoms with Crippen molar-refractivity contribution in [2.75, 3.05) is 32.7 Å². The molecule has 0 radical (unpaired) electrons. The summed E-state index contributed by atoms with van der Waals surface area (Å²) >= 11 is 0. The average molecular weight is 239 g/mol. The molecule has 2 aliphatic rings. The van der Waals surface area contributed by atoms with Crippen LogP contribution in [0.4, 0.5) is 0 Å². The van der Waals surface area contributed by atoms with Crippen LogP contribution in [0, 0.1) is 5.92 Å². The highest BCUT2D eigenvalue weighted by atomic mass is 16.2. The summed E-state index contributed by atoms with van der Waals surface area (Å²) < 4.78 is 0. The Kier molecular flexibility index (Phi) is 4.40. The summed E-state index contributed by atoms with van der Waals surface area (Å²) in [4.78, 5) is 15.8. The van der Waals surface area contributed by atoms with Crippen molar-refractivity contribution in [3.05, 3.63) is 0 Å². The first-order valence-corrected chi connectivity index (χ1v) is 6.88. The van der Waals surface area contributed by atoms with Crippen LogP contribution in [0.5, 0.6) is 0 Å². The van der Waals surface area contributed by atoms with Crippen molar-refractivity contribution in [3.8, 4) is 0 Å². The molecule has 1 amide bonds. The molecule has 2 aliphatic heterocycles. The van der Waals surface area contributed by atoms with E-state index in [-0.39, 0.29) is 5.91 Å². The number of nitrogens with two attached hydrogens (primary N) is 1. The van der Waals surface area contributed by atoms with Crippen molar-refractivity contribution in [3.63, 3.8) is 0 Å². The Hall–Kier alpha value is -0.610. The first-order valence-electron chi connectivity index (χ1n) is 6.88. The molecule has 0 bridgehead atoms. The summed E-state index contributed by atoms with van der Waals surface area (Å²) in [6, 6.07) is 0.422. The number of amides is 1. The molecule has 0 aromatic heterocycles. The second-order valence-corrected chi connectivity index (χ2v) is 5.59. The highest BCUT2D eigenvalue weighted by molar-refractivity contribution is 5.73. The molecule has 0 aliphatic carbocycles. The van der Waals surface area contributed by atoms with Gasteiger partial charge in [0.1, 0.15) is 0 Å². The van der Waals surface area contributed by atoms with Crippen LogP contribution in [0.25, 0.3) is 0 Å². The Balaban J connectivity index is 1.69. The fourth-order valence-electron chi connectivity index (χ4n) is 2.93. The first-order chi connectivity index (χ1) is 8.15. The summed E-state index contributed by atoms with van der Waals surface area (Å²) in [6.45, 7) is 7.10. The van der Waals surface area contributed by atoms with Gasteiger partial charge in [0.05, 0.1) is 0 Å². The van der Waals surface area contributed by atoms with Crippen molar-refractivity contribution < 1.29 is 4.79 Å². The highest BCUT2D eigenvalue weighted by Crippen LogP contribution is 2.20.